The quantitative estimate of drug-likeness (QED) is 0.776. The smallest absolute Gasteiger partial charge is 0.265 e. The van der Waals surface area contributed by atoms with Crippen molar-refractivity contribution in [3.8, 4) is 0 Å². The molecular formula is C14H12F3N3. The summed E-state index contributed by atoms with van der Waals surface area (Å²) in [5.41, 5.74) is 0.304. The fourth-order valence-electron chi connectivity index (χ4n) is 2.19. The molecule has 0 bridgehead atoms. The predicted molar refractivity (Wildman–Crippen MR) is 70.7 cm³/mol. The average Bonchev–Trinajstić information content (AvgIpc) is 2.79. The number of amidine groups is 1. The van der Waals surface area contributed by atoms with Gasteiger partial charge in [0.2, 0.25) is 0 Å². The van der Waals surface area contributed by atoms with Crippen LogP contribution in [0.4, 0.5) is 13.2 Å². The van der Waals surface area contributed by atoms with Gasteiger partial charge in [-0.1, -0.05) is 12.1 Å². The minimum atomic E-state index is -4.34. The molecule has 0 amide bonds. The first-order chi connectivity index (χ1) is 9.45. The molecule has 0 radical (unpaired) electrons. The molecule has 0 aliphatic carbocycles. The summed E-state index contributed by atoms with van der Waals surface area (Å²) in [4.78, 5) is 4.29. The summed E-state index contributed by atoms with van der Waals surface area (Å²) in [5, 5.41) is 6.13. The van der Waals surface area contributed by atoms with Gasteiger partial charge in [0.25, 0.3) is 0 Å². The molecule has 0 saturated carbocycles. The Kier molecular flexibility index (Phi) is 2.88. The monoisotopic (exact) mass is 279 g/mol. The molecule has 2 heterocycles. The number of rotatable bonds is 1. The number of allylic oxidation sites excluding steroid dienone is 1. The molecule has 0 saturated heterocycles. The van der Waals surface area contributed by atoms with Crippen LogP contribution in [0.15, 0.2) is 46.5 Å². The first kappa shape index (κ1) is 12.9. The van der Waals surface area contributed by atoms with Crippen molar-refractivity contribution in [2.75, 3.05) is 6.54 Å². The Morgan fingerprint density at radius 3 is 2.80 bits per heavy atom. The van der Waals surface area contributed by atoms with E-state index < -0.39 is 11.7 Å². The van der Waals surface area contributed by atoms with Gasteiger partial charge in [0, 0.05) is 5.56 Å². The Morgan fingerprint density at radius 2 is 2.05 bits per heavy atom. The summed E-state index contributed by atoms with van der Waals surface area (Å²) >= 11 is 0. The summed E-state index contributed by atoms with van der Waals surface area (Å²) in [6.07, 6.45) is -0.864. The largest absolute Gasteiger partial charge is 0.416 e. The van der Waals surface area contributed by atoms with Crippen LogP contribution in [0.3, 0.4) is 0 Å². The normalized spacial score (nSPS) is 21.6. The zero-order valence-corrected chi connectivity index (χ0v) is 10.7. The van der Waals surface area contributed by atoms with Crippen LogP contribution in [0.5, 0.6) is 0 Å². The number of benzene rings is 1. The SMILES string of the molecule is CC1CN=C2C=CC(c3cccc(C(F)(F)F)c3)=NN21. The van der Waals surface area contributed by atoms with E-state index in [4.69, 9.17) is 0 Å². The van der Waals surface area contributed by atoms with Gasteiger partial charge in [-0.3, -0.25) is 4.99 Å². The average molecular weight is 279 g/mol. The molecule has 3 rings (SSSR count). The lowest BCUT2D eigenvalue weighted by molar-refractivity contribution is -0.137. The van der Waals surface area contributed by atoms with Crippen LogP contribution >= 0.6 is 0 Å². The number of fused-ring (bicyclic) bond motifs is 1. The van der Waals surface area contributed by atoms with Gasteiger partial charge in [-0.05, 0) is 31.2 Å². The second kappa shape index (κ2) is 4.47. The maximum absolute atomic E-state index is 12.7. The Balaban J connectivity index is 1.96. The molecule has 0 N–H and O–H groups in total. The molecule has 0 aromatic heterocycles. The van der Waals surface area contributed by atoms with Gasteiger partial charge in [-0.2, -0.15) is 18.3 Å². The first-order valence-corrected chi connectivity index (χ1v) is 6.23. The van der Waals surface area contributed by atoms with Crippen LogP contribution in [0.1, 0.15) is 18.1 Å². The highest BCUT2D eigenvalue weighted by molar-refractivity contribution is 6.14. The molecule has 1 unspecified atom stereocenters. The standard InChI is InChI=1S/C14H12F3N3/c1-9-8-18-13-6-5-12(19-20(9)13)10-3-2-4-11(7-10)14(15,16)17/h2-7,9H,8H2,1H3. The summed E-state index contributed by atoms with van der Waals surface area (Å²) in [6.45, 7) is 2.63. The number of halogens is 3. The van der Waals surface area contributed by atoms with E-state index >= 15 is 0 Å². The number of hydrogen-bond donors (Lipinski definition) is 0. The van der Waals surface area contributed by atoms with E-state index in [-0.39, 0.29) is 6.04 Å². The fourth-order valence-corrected chi connectivity index (χ4v) is 2.19. The number of nitrogens with zero attached hydrogens (tertiary/aromatic N) is 3. The van der Waals surface area contributed by atoms with Gasteiger partial charge in [-0.15, -0.1) is 0 Å². The third-order valence-corrected chi connectivity index (χ3v) is 3.26. The topological polar surface area (TPSA) is 28.0 Å². The highest BCUT2D eigenvalue weighted by Crippen LogP contribution is 2.30. The van der Waals surface area contributed by atoms with E-state index in [1.807, 2.05) is 6.92 Å². The second-order valence-corrected chi connectivity index (χ2v) is 4.79. The van der Waals surface area contributed by atoms with E-state index in [9.17, 15) is 13.2 Å². The van der Waals surface area contributed by atoms with E-state index in [1.165, 1.54) is 6.07 Å². The van der Waals surface area contributed by atoms with Crippen molar-refractivity contribution in [2.24, 2.45) is 10.1 Å². The lowest BCUT2D eigenvalue weighted by Gasteiger charge is -2.22. The zero-order chi connectivity index (χ0) is 14.3. The minimum Gasteiger partial charge on any atom is -0.265 e. The van der Waals surface area contributed by atoms with E-state index in [0.717, 1.165) is 18.0 Å². The lowest BCUT2D eigenvalue weighted by atomic mass is 10.1. The second-order valence-electron chi connectivity index (χ2n) is 4.79. The molecule has 1 aromatic carbocycles. The fraction of sp³-hybridized carbons (Fsp3) is 0.286. The summed E-state index contributed by atoms with van der Waals surface area (Å²) in [5.74, 6) is 0.758. The number of alkyl halides is 3. The number of hydrazone groups is 1. The Hall–Kier alpha value is -2.11. The van der Waals surface area contributed by atoms with Gasteiger partial charge >= 0.3 is 6.18 Å². The Labute approximate surface area is 114 Å². The highest BCUT2D eigenvalue weighted by atomic mass is 19.4. The van der Waals surface area contributed by atoms with Gasteiger partial charge in [-0.25, -0.2) is 5.01 Å². The van der Waals surface area contributed by atoms with E-state index in [2.05, 4.69) is 10.1 Å². The first-order valence-electron chi connectivity index (χ1n) is 6.23. The van der Waals surface area contributed by atoms with Crippen LogP contribution in [-0.4, -0.2) is 29.1 Å². The summed E-state index contributed by atoms with van der Waals surface area (Å²) in [7, 11) is 0. The highest BCUT2D eigenvalue weighted by Gasteiger charge is 2.31. The third-order valence-electron chi connectivity index (χ3n) is 3.26. The molecule has 104 valence electrons. The van der Waals surface area contributed by atoms with Crippen LogP contribution in [-0.2, 0) is 6.18 Å². The lowest BCUT2D eigenvalue weighted by Crippen LogP contribution is -2.32. The number of hydrogen-bond acceptors (Lipinski definition) is 3. The molecule has 0 spiro atoms. The molecule has 2 aliphatic heterocycles. The Morgan fingerprint density at radius 1 is 1.25 bits per heavy atom. The third kappa shape index (κ3) is 2.21. The molecule has 1 atom stereocenters. The molecular weight excluding hydrogens is 267 g/mol. The van der Waals surface area contributed by atoms with E-state index in [0.29, 0.717) is 17.8 Å². The van der Waals surface area contributed by atoms with Crippen molar-refractivity contribution in [1.82, 2.24) is 5.01 Å². The molecule has 2 aliphatic rings. The molecule has 20 heavy (non-hydrogen) atoms. The van der Waals surface area contributed by atoms with Crippen LogP contribution in [0.2, 0.25) is 0 Å². The summed E-state index contributed by atoms with van der Waals surface area (Å²) < 4.78 is 38.2. The maximum atomic E-state index is 12.7. The zero-order valence-electron chi connectivity index (χ0n) is 10.7. The van der Waals surface area contributed by atoms with Gasteiger partial charge in [0.1, 0.15) is 5.84 Å². The van der Waals surface area contributed by atoms with Crippen LogP contribution in [0.25, 0.3) is 0 Å². The molecule has 3 nitrogen and oxygen atoms in total. The molecule has 1 aromatic rings. The minimum absolute atomic E-state index is 0.135. The van der Waals surface area contributed by atoms with Crippen molar-refractivity contribution in [2.45, 2.75) is 19.1 Å². The summed E-state index contributed by atoms with van der Waals surface area (Å²) in [6, 6.07) is 5.33. The number of aliphatic imine (C=N–C) groups is 1. The van der Waals surface area contributed by atoms with Crippen LogP contribution in [0, 0.1) is 0 Å². The molecule has 0 fully saturated rings. The predicted octanol–water partition coefficient (Wildman–Crippen LogP) is 3.08. The maximum Gasteiger partial charge on any atom is 0.416 e. The van der Waals surface area contributed by atoms with Crippen LogP contribution < -0.4 is 0 Å². The van der Waals surface area contributed by atoms with Crippen molar-refractivity contribution in [1.29, 1.82) is 0 Å². The van der Waals surface area contributed by atoms with E-state index in [1.54, 1.807) is 23.2 Å². The van der Waals surface area contributed by atoms with Crippen molar-refractivity contribution < 1.29 is 13.2 Å². The molecule has 6 heteroatoms. The van der Waals surface area contributed by atoms with Gasteiger partial charge < -0.3 is 0 Å². The van der Waals surface area contributed by atoms with Gasteiger partial charge in [0.15, 0.2) is 0 Å². The van der Waals surface area contributed by atoms with Gasteiger partial charge in [0.05, 0.1) is 23.9 Å². The van der Waals surface area contributed by atoms with Crippen molar-refractivity contribution >= 4 is 11.5 Å². The Bertz CT molecular complexity index is 629. The van der Waals surface area contributed by atoms with Crippen molar-refractivity contribution in [3.63, 3.8) is 0 Å². The van der Waals surface area contributed by atoms with Crippen molar-refractivity contribution in [3.05, 3.63) is 47.5 Å².